The molecule has 0 aromatic heterocycles. The summed E-state index contributed by atoms with van der Waals surface area (Å²) in [6, 6.07) is 0. The Morgan fingerprint density at radius 2 is 1.68 bits per heavy atom. The van der Waals surface area contributed by atoms with Crippen LogP contribution in [-0.2, 0) is 14.3 Å². The van der Waals surface area contributed by atoms with Crippen molar-refractivity contribution in [1.29, 1.82) is 0 Å². The van der Waals surface area contributed by atoms with Crippen molar-refractivity contribution in [3.63, 3.8) is 0 Å². The Morgan fingerprint density at radius 3 is 2.04 bits per heavy atom. The molecule has 0 heterocycles. The van der Waals surface area contributed by atoms with E-state index in [1.54, 1.807) is 6.92 Å². The highest BCUT2D eigenvalue weighted by Gasteiger charge is 2.26. The topological polar surface area (TPSA) is 89.6 Å². The van der Waals surface area contributed by atoms with E-state index >= 15 is 0 Å². The molecule has 0 aliphatic heterocycles. The molecule has 2 saturated carbocycles. The number of ketones is 1. The van der Waals surface area contributed by atoms with Gasteiger partial charge in [0, 0.05) is 32.9 Å². The second-order valence-electron chi connectivity index (χ2n) is 7.20. The first-order valence-electron chi connectivity index (χ1n) is 9.96. The summed E-state index contributed by atoms with van der Waals surface area (Å²) in [5.41, 5.74) is 5.02. The van der Waals surface area contributed by atoms with Gasteiger partial charge in [-0.25, -0.2) is 0 Å². The van der Waals surface area contributed by atoms with Gasteiger partial charge in [-0.2, -0.15) is 0 Å². The molecule has 0 atom stereocenters. The van der Waals surface area contributed by atoms with Gasteiger partial charge < -0.3 is 15.6 Å². The van der Waals surface area contributed by atoms with Gasteiger partial charge in [-0.1, -0.05) is 39.5 Å². The normalized spacial score (nSPS) is 17.6. The minimum atomic E-state index is -0.229. The molecule has 150 valence electrons. The highest BCUT2D eigenvalue weighted by molar-refractivity contribution is 5.83. The molecule has 2 aliphatic carbocycles. The molecule has 2 fully saturated rings. The van der Waals surface area contributed by atoms with Crippen LogP contribution >= 0.6 is 0 Å². The van der Waals surface area contributed by atoms with E-state index in [-0.39, 0.29) is 19.9 Å². The highest BCUT2D eigenvalue weighted by Crippen LogP contribution is 2.29. The number of Topliss-reactive ketones (excluding diaryl/α,β-unsaturated/α-hetero) is 1. The molecule has 5 heteroatoms. The number of rotatable bonds is 7. The largest absolute Gasteiger partial charge is 0.397 e. The molecule has 2 rings (SSSR count). The van der Waals surface area contributed by atoms with Gasteiger partial charge in [0.2, 0.25) is 5.91 Å². The maximum absolute atomic E-state index is 11.1. The van der Waals surface area contributed by atoms with E-state index in [1.165, 1.54) is 38.5 Å². The number of carbonyl (C=O) groups excluding carboxylic acids is 2. The molecular formula is C20H41NO4. The Bertz CT molecular complexity index is 354. The third-order valence-electron chi connectivity index (χ3n) is 4.55. The predicted molar refractivity (Wildman–Crippen MR) is 103 cm³/mol. The first-order valence-corrected chi connectivity index (χ1v) is 9.96. The molecule has 25 heavy (non-hydrogen) atoms. The molecule has 0 aromatic carbocycles. The van der Waals surface area contributed by atoms with Crippen LogP contribution in [0.25, 0.3) is 0 Å². The number of ether oxygens (including phenoxy) is 1. The fourth-order valence-electron chi connectivity index (χ4n) is 2.89. The van der Waals surface area contributed by atoms with Gasteiger partial charge in [-0.05, 0) is 39.0 Å². The summed E-state index contributed by atoms with van der Waals surface area (Å²) in [7, 11) is 0. The van der Waals surface area contributed by atoms with Gasteiger partial charge in [-0.15, -0.1) is 0 Å². The Balaban J connectivity index is 0. The maximum Gasteiger partial charge on any atom is 0.217 e. The van der Waals surface area contributed by atoms with Crippen LogP contribution in [0.15, 0.2) is 0 Å². The molecule has 0 saturated heterocycles. The predicted octanol–water partition coefficient (Wildman–Crippen LogP) is 3.86. The summed E-state index contributed by atoms with van der Waals surface area (Å²) in [5.74, 6) is 0.939. The van der Waals surface area contributed by atoms with Gasteiger partial charge in [0.15, 0.2) is 0 Å². The van der Waals surface area contributed by atoms with Crippen LogP contribution in [0.2, 0.25) is 0 Å². The Kier molecular flexibility index (Phi) is 14.7. The minimum absolute atomic E-state index is 0. The second-order valence-corrected chi connectivity index (χ2v) is 7.20. The quantitative estimate of drug-likeness (QED) is 0.675. The first-order chi connectivity index (χ1) is 11.9. The number of amides is 1. The maximum atomic E-state index is 11.1. The highest BCUT2D eigenvalue weighted by atomic mass is 16.5. The number of hydrogen-bond donors (Lipinski definition) is 2. The molecule has 0 radical (unpaired) electrons. The zero-order chi connectivity index (χ0) is 19.1. The van der Waals surface area contributed by atoms with Crippen LogP contribution in [0.3, 0.4) is 0 Å². The minimum Gasteiger partial charge on any atom is -0.397 e. The van der Waals surface area contributed by atoms with Crippen LogP contribution in [0, 0.1) is 11.8 Å². The van der Waals surface area contributed by atoms with Gasteiger partial charge in [0.1, 0.15) is 5.78 Å². The third kappa shape index (κ3) is 13.0. The average molecular weight is 360 g/mol. The van der Waals surface area contributed by atoms with E-state index in [2.05, 4.69) is 0 Å². The molecule has 3 N–H and O–H groups in total. The van der Waals surface area contributed by atoms with E-state index in [0.29, 0.717) is 30.8 Å². The summed E-state index contributed by atoms with van der Waals surface area (Å²) < 4.78 is 5.63. The average Bonchev–Trinajstić information content (AvgIpc) is 2.52. The van der Waals surface area contributed by atoms with Crippen molar-refractivity contribution in [2.45, 2.75) is 91.1 Å². The Morgan fingerprint density at radius 1 is 1.12 bits per heavy atom. The number of aliphatic hydroxyl groups is 1. The van der Waals surface area contributed by atoms with Gasteiger partial charge in [0.25, 0.3) is 0 Å². The zero-order valence-corrected chi connectivity index (χ0v) is 16.5. The number of primary amides is 1. The van der Waals surface area contributed by atoms with Gasteiger partial charge in [0.05, 0.1) is 6.10 Å². The van der Waals surface area contributed by atoms with Crippen molar-refractivity contribution < 1.29 is 20.9 Å². The summed E-state index contributed by atoms with van der Waals surface area (Å²) >= 11 is 0. The number of nitrogens with two attached hydrogens (primary N) is 1. The smallest absolute Gasteiger partial charge is 0.217 e. The van der Waals surface area contributed by atoms with E-state index in [1.807, 2.05) is 13.8 Å². The van der Waals surface area contributed by atoms with Crippen LogP contribution in [0.4, 0.5) is 0 Å². The molecule has 0 spiro atoms. The summed E-state index contributed by atoms with van der Waals surface area (Å²) in [4.78, 5) is 21.5. The lowest BCUT2D eigenvalue weighted by Gasteiger charge is -2.25. The van der Waals surface area contributed by atoms with Crippen LogP contribution in [-0.4, -0.2) is 36.1 Å². The molecule has 2 aliphatic rings. The number of hydrogen-bond acceptors (Lipinski definition) is 4. The van der Waals surface area contributed by atoms with Crippen molar-refractivity contribution >= 4 is 11.7 Å². The lowest BCUT2D eigenvalue weighted by molar-refractivity contribution is -0.128. The number of carbonyl (C=O) groups is 2. The first kappa shape index (κ1) is 24.1. The molecular weight excluding hydrogens is 318 g/mol. The Hall–Kier alpha value is -0.940. The summed E-state index contributed by atoms with van der Waals surface area (Å²) in [5, 5.41) is 7.57. The fraction of sp³-hybridized carbons (Fsp3) is 0.900. The zero-order valence-electron chi connectivity index (χ0n) is 16.5. The lowest BCUT2D eigenvalue weighted by atomic mass is 9.79. The van der Waals surface area contributed by atoms with Crippen molar-refractivity contribution in [3.8, 4) is 0 Å². The van der Waals surface area contributed by atoms with Crippen molar-refractivity contribution in [2.24, 2.45) is 17.6 Å². The van der Waals surface area contributed by atoms with Gasteiger partial charge in [-0.3, -0.25) is 9.59 Å². The SMILES string of the molecule is CC(C)C(=O)C1CCC1.CCO.NC(=O)CCCOC1CCCCC1.[HH]. The lowest BCUT2D eigenvalue weighted by Crippen LogP contribution is -2.25. The second kappa shape index (κ2) is 15.3. The third-order valence-corrected chi connectivity index (χ3v) is 4.55. The van der Waals surface area contributed by atoms with Crippen LogP contribution in [0.5, 0.6) is 0 Å². The van der Waals surface area contributed by atoms with Crippen molar-refractivity contribution in [2.75, 3.05) is 13.2 Å². The van der Waals surface area contributed by atoms with E-state index in [0.717, 1.165) is 19.3 Å². The Labute approximate surface area is 155 Å². The molecule has 0 bridgehead atoms. The van der Waals surface area contributed by atoms with E-state index < -0.39 is 0 Å². The van der Waals surface area contributed by atoms with Crippen molar-refractivity contribution in [1.82, 2.24) is 0 Å². The van der Waals surface area contributed by atoms with Crippen molar-refractivity contribution in [3.05, 3.63) is 0 Å². The fourth-order valence-corrected chi connectivity index (χ4v) is 2.89. The van der Waals surface area contributed by atoms with Gasteiger partial charge >= 0.3 is 0 Å². The molecule has 5 nitrogen and oxygen atoms in total. The summed E-state index contributed by atoms with van der Waals surface area (Å²) in [6.45, 7) is 6.59. The van der Waals surface area contributed by atoms with E-state index in [4.69, 9.17) is 15.6 Å². The molecule has 0 unspecified atom stereocenters. The summed E-state index contributed by atoms with van der Waals surface area (Å²) in [6.07, 6.45) is 11.5. The van der Waals surface area contributed by atoms with E-state index in [9.17, 15) is 9.59 Å². The van der Waals surface area contributed by atoms with Crippen LogP contribution < -0.4 is 5.73 Å². The molecule has 0 aromatic rings. The molecule has 1 amide bonds. The number of aliphatic hydroxyl groups excluding tert-OH is 1. The standard InChI is InChI=1S/C10H19NO2.C8H14O.C2H6O.H2/c11-10(12)7-4-8-13-9-5-2-1-3-6-9;1-6(2)8(9)7-4-3-5-7;1-2-3;/h9H,1-8H2,(H2,11,12);6-7H,3-5H2,1-2H3;3H,2H2,1H3;1H. The van der Waals surface area contributed by atoms with Crippen LogP contribution in [0.1, 0.15) is 86.4 Å². The monoisotopic (exact) mass is 359 g/mol.